The Morgan fingerprint density at radius 1 is 0.704 bits per heavy atom. The second-order valence-corrected chi connectivity index (χ2v) is 9.31. The van der Waals surface area contributed by atoms with Crippen molar-refractivity contribution < 1.29 is 9.47 Å². The Morgan fingerprint density at radius 2 is 1.07 bits per heavy atom. The molecule has 3 saturated carbocycles. The van der Waals surface area contributed by atoms with Crippen LogP contribution < -0.4 is 10.9 Å². The van der Waals surface area contributed by atoms with E-state index in [0.29, 0.717) is 0 Å². The average molecular weight is 379 g/mol. The van der Waals surface area contributed by atoms with Crippen molar-refractivity contribution in [3.8, 4) is 0 Å². The van der Waals surface area contributed by atoms with Crippen molar-refractivity contribution in [2.75, 3.05) is 0 Å². The molecule has 27 heavy (non-hydrogen) atoms. The minimum atomic E-state index is -0.447. The monoisotopic (exact) mass is 378 g/mol. The van der Waals surface area contributed by atoms with Gasteiger partial charge in [0.15, 0.2) is 0 Å². The van der Waals surface area contributed by atoms with Gasteiger partial charge in [0, 0.05) is 11.4 Å². The van der Waals surface area contributed by atoms with E-state index in [1.54, 1.807) is 0 Å². The summed E-state index contributed by atoms with van der Waals surface area (Å²) in [5.41, 5.74) is 8.13. The zero-order valence-electron chi connectivity index (χ0n) is 17.6. The van der Waals surface area contributed by atoms with E-state index in [9.17, 15) is 0 Å². The second kappa shape index (κ2) is 8.91. The lowest BCUT2D eigenvalue weighted by Gasteiger charge is -2.30. The molecule has 3 aliphatic carbocycles. The molecule has 0 saturated heterocycles. The Labute approximate surface area is 164 Å². The molecule has 3 aliphatic rings. The Balaban J connectivity index is 1.42. The Morgan fingerprint density at radius 3 is 1.44 bits per heavy atom. The first kappa shape index (κ1) is 20.6. The highest BCUT2D eigenvalue weighted by Gasteiger charge is 2.34. The maximum atomic E-state index is 6.30. The van der Waals surface area contributed by atoms with Crippen molar-refractivity contribution in [2.45, 2.75) is 122 Å². The van der Waals surface area contributed by atoms with Gasteiger partial charge in [0.05, 0.1) is 12.2 Å². The molecule has 0 amide bonds. The molecule has 6 heteroatoms. The van der Waals surface area contributed by atoms with Crippen LogP contribution in [0, 0.1) is 0 Å². The van der Waals surface area contributed by atoms with Crippen molar-refractivity contribution in [2.24, 2.45) is 10.2 Å². The third-order valence-corrected chi connectivity index (χ3v) is 5.59. The van der Waals surface area contributed by atoms with Crippen LogP contribution >= 0.6 is 0 Å². The molecule has 0 aromatic carbocycles. The zero-order valence-corrected chi connectivity index (χ0v) is 17.6. The van der Waals surface area contributed by atoms with Crippen molar-refractivity contribution in [3.63, 3.8) is 0 Å². The van der Waals surface area contributed by atoms with Gasteiger partial charge in [0.25, 0.3) is 0 Å². The van der Waals surface area contributed by atoms with Crippen molar-refractivity contribution in [3.05, 3.63) is 0 Å². The predicted molar refractivity (Wildman–Crippen MR) is 110 cm³/mol. The first-order valence-electron chi connectivity index (χ1n) is 10.8. The van der Waals surface area contributed by atoms with Crippen molar-refractivity contribution in [1.82, 2.24) is 10.9 Å². The van der Waals surface area contributed by atoms with Crippen LogP contribution in [-0.2, 0) is 9.47 Å². The van der Waals surface area contributed by atoms with Gasteiger partial charge in [-0.25, -0.2) is 0 Å². The van der Waals surface area contributed by atoms with Gasteiger partial charge in [-0.2, -0.15) is 10.2 Å². The van der Waals surface area contributed by atoms with Gasteiger partial charge in [0.2, 0.25) is 0 Å². The fraction of sp³-hybridized carbons (Fsp3) is 0.905. The van der Waals surface area contributed by atoms with Crippen LogP contribution in [0.3, 0.4) is 0 Å². The molecule has 0 heterocycles. The normalized spacial score (nSPS) is 26.5. The number of nitrogens with one attached hydrogen (secondary N) is 2. The summed E-state index contributed by atoms with van der Waals surface area (Å²) in [6.07, 6.45) is 12.9. The number of hydrogen-bond donors (Lipinski definition) is 2. The fourth-order valence-electron chi connectivity index (χ4n) is 4.22. The van der Waals surface area contributed by atoms with Gasteiger partial charge in [-0.15, -0.1) is 0 Å². The van der Waals surface area contributed by atoms with Crippen LogP contribution in [0.25, 0.3) is 0 Å². The molecule has 3 rings (SSSR count). The van der Waals surface area contributed by atoms with E-state index in [2.05, 4.69) is 48.7 Å². The van der Waals surface area contributed by atoms with E-state index >= 15 is 0 Å². The molecule has 0 aliphatic heterocycles. The van der Waals surface area contributed by atoms with Gasteiger partial charge in [-0.05, 0) is 98.3 Å². The minimum Gasteiger partial charge on any atom is -0.352 e. The third kappa shape index (κ3) is 6.75. The van der Waals surface area contributed by atoms with E-state index in [-0.39, 0.29) is 12.2 Å². The van der Waals surface area contributed by atoms with E-state index in [1.807, 2.05) is 0 Å². The molecule has 0 bridgehead atoms. The first-order valence-corrected chi connectivity index (χ1v) is 10.8. The van der Waals surface area contributed by atoms with Crippen molar-refractivity contribution in [1.29, 1.82) is 0 Å². The third-order valence-electron chi connectivity index (χ3n) is 5.59. The molecule has 0 radical (unpaired) electrons. The van der Waals surface area contributed by atoms with Gasteiger partial charge in [-0.3, -0.25) is 10.9 Å². The number of ether oxygens (including phenoxy) is 2. The first-order chi connectivity index (χ1) is 12.8. The van der Waals surface area contributed by atoms with Crippen LogP contribution in [0.5, 0.6) is 0 Å². The summed E-state index contributed by atoms with van der Waals surface area (Å²) >= 11 is 0. The molecule has 0 aromatic heterocycles. The highest BCUT2D eigenvalue weighted by atomic mass is 16.5. The molecular formula is C21H38N4O2. The molecule has 2 unspecified atom stereocenters. The maximum absolute atomic E-state index is 6.30. The Hall–Kier alpha value is -1.14. The molecule has 0 aromatic rings. The molecular weight excluding hydrogens is 340 g/mol. The largest absolute Gasteiger partial charge is 0.352 e. The minimum absolute atomic E-state index is 0.207. The van der Waals surface area contributed by atoms with E-state index in [4.69, 9.17) is 9.47 Å². The van der Waals surface area contributed by atoms with Crippen LogP contribution in [0.4, 0.5) is 0 Å². The summed E-state index contributed by atoms with van der Waals surface area (Å²) in [7, 11) is 0. The zero-order chi connectivity index (χ0) is 19.3. The lowest BCUT2D eigenvalue weighted by molar-refractivity contribution is -0.113. The van der Waals surface area contributed by atoms with Crippen LogP contribution in [-0.4, -0.2) is 35.1 Å². The average Bonchev–Trinajstić information content (AvgIpc) is 3.34. The maximum Gasteiger partial charge on any atom is 0.148 e. The summed E-state index contributed by atoms with van der Waals surface area (Å²) in [6, 6.07) is 0. The molecule has 2 N–H and O–H groups in total. The highest BCUT2D eigenvalue weighted by molar-refractivity contribution is 5.86. The Kier molecular flexibility index (Phi) is 6.79. The summed E-state index contributed by atoms with van der Waals surface area (Å²) in [5.74, 6) is 0. The number of nitrogens with zero attached hydrogens (tertiary/aromatic N) is 2. The van der Waals surface area contributed by atoms with E-state index in [0.717, 1.165) is 44.9 Å². The number of rotatable bonds is 8. The second-order valence-electron chi connectivity index (χ2n) is 9.31. The van der Waals surface area contributed by atoms with Gasteiger partial charge >= 0.3 is 0 Å². The molecule has 0 spiro atoms. The van der Waals surface area contributed by atoms with Gasteiger partial charge in [-0.1, -0.05) is 0 Å². The van der Waals surface area contributed by atoms with Crippen LogP contribution in [0.1, 0.15) is 98.3 Å². The lowest BCUT2D eigenvalue weighted by atomic mass is 10.2. The van der Waals surface area contributed by atoms with Gasteiger partial charge < -0.3 is 9.47 Å². The molecule has 6 nitrogen and oxygen atoms in total. The molecule has 154 valence electrons. The SMILES string of the molecule is CC(C)(NN=C1CCCC1)OC1CCC(OC(C)(C)NN=C2CCCC2)C1. The summed E-state index contributed by atoms with van der Waals surface area (Å²) in [4.78, 5) is 0. The quantitative estimate of drug-likeness (QED) is 0.484. The summed E-state index contributed by atoms with van der Waals surface area (Å²) in [6.45, 7) is 8.24. The molecule has 3 fully saturated rings. The van der Waals surface area contributed by atoms with E-state index < -0.39 is 11.4 Å². The smallest absolute Gasteiger partial charge is 0.148 e. The fourth-order valence-corrected chi connectivity index (χ4v) is 4.22. The number of hydrogen-bond acceptors (Lipinski definition) is 6. The summed E-state index contributed by atoms with van der Waals surface area (Å²) in [5, 5.41) is 9.13. The lowest BCUT2D eigenvalue weighted by Crippen LogP contribution is -2.43. The molecule has 2 atom stereocenters. The Bertz CT molecular complexity index is 492. The van der Waals surface area contributed by atoms with Crippen LogP contribution in [0.2, 0.25) is 0 Å². The van der Waals surface area contributed by atoms with E-state index in [1.165, 1.54) is 37.1 Å². The van der Waals surface area contributed by atoms with Gasteiger partial charge in [0.1, 0.15) is 11.4 Å². The predicted octanol–water partition coefficient (Wildman–Crippen LogP) is 4.45. The summed E-state index contributed by atoms with van der Waals surface area (Å²) < 4.78 is 12.6. The topological polar surface area (TPSA) is 67.2 Å². The standard InChI is InChI=1S/C21H38N4O2/c1-20(2,24-22-16-9-5-6-10-16)26-18-13-14-19(15-18)27-21(3,4)25-23-17-11-7-8-12-17/h18-19,24-25H,5-15H2,1-4H3. The highest BCUT2D eigenvalue weighted by Crippen LogP contribution is 2.30. The number of hydrazone groups is 2. The van der Waals surface area contributed by atoms with Crippen LogP contribution in [0.15, 0.2) is 10.2 Å². The van der Waals surface area contributed by atoms with Crippen molar-refractivity contribution >= 4 is 11.4 Å².